The minimum absolute atomic E-state index is 0.437. The van der Waals surface area contributed by atoms with Crippen molar-refractivity contribution in [2.75, 3.05) is 18.5 Å². The molecule has 0 amide bonds. The molecule has 0 unspecified atom stereocenters. The van der Waals surface area contributed by atoms with E-state index in [0.29, 0.717) is 5.92 Å². The summed E-state index contributed by atoms with van der Waals surface area (Å²) in [6, 6.07) is 0. The van der Waals surface area contributed by atoms with Crippen molar-refractivity contribution in [3.63, 3.8) is 0 Å². The SMILES string of the molecule is CC(C)c1nsc(N(C)CCC2CC2)n1. The van der Waals surface area contributed by atoms with Crippen LogP contribution in [-0.4, -0.2) is 22.9 Å². The summed E-state index contributed by atoms with van der Waals surface area (Å²) in [5.74, 6) is 2.41. The molecule has 1 heterocycles. The third kappa shape index (κ3) is 2.91. The van der Waals surface area contributed by atoms with Gasteiger partial charge in [-0.15, -0.1) is 0 Å². The maximum absolute atomic E-state index is 4.54. The molecule has 0 spiro atoms. The molecule has 0 aliphatic heterocycles. The van der Waals surface area contributed by atoms with Crippen LogP contribution < -0.4 is 4.90 Å². The summed E-state index contributed by atoms with van der Waals surface area (Å²) in [5.41, 5.74) is 0. The van der Waals surface area contributed by atoms with Crippen molar-refractivity contribution < 1.29 is 0 Å². The molecule has 0 bridgehead atoms. The van der Waals surface area contributed by atoms with E-state index in [1.807, 2.05) is 0 Å². The Labute approximate surface area is 95.7 Å². The quantitative estimate of drug-likeness (QED) is 0.771. The topological polar surface area (TPSA) is 29.0 Å². The minimum Gasteiger partial charge on any atom is -0.350 e. The van der Waals surface area contributed by atoms with Gasteiger partial charge in [0.1, 0.15) is 5.82 Å². The second-order valence-electron chi connectivity index (χ2n) is 4.74. The van der Waals surface area contributed by atoms with E-state index in [0.717, 1.165) is 23.4 Å². The van der Waals surface area contributed by atoms with Crippen molar-refractivity contribution >= 4 is 16.7 Å². The van der Waals surface area contributed by atoms with Gasteiger partial charge in [0.2, 0.25) is 5.13 Å². The third-order valence-electron chi connectivity index (χ3n) is 2.84. The van der Waals surface area contributed by atoms with Crippen LogP contribution in [-0.2, 0) is 0 Å². The van der Waals surface area contributed by atoms with E-state index in [-0.39, 0.29) is 0 Å². The van der Waals surface area contributed by atoms with Crippen molar-refractivity contribution in [1.29, 1.82) is 0 Å². The fraction of sp³-hybridized carbons (Fsp3) is 0.818. The second kappa shape index (κ2) is 4.47. The molecule has 1 aliphatic carbocycles. The van der Waals surface area contributed by atoms with Crippen molar-refractivity contribution in [1.82, 2.24) is 9.36 Å². The molecule has 1 aromatic heterocycles. The molecule has 2 rings (SSSR count). The summed E-state index contributed by atoms with van der Waals surface area (Å²) < 4.78 is 4.37. The third-order valence-corrected chi connectivity index (χ3v) is 3.69. The van der Waals surface area contributed by atoms with E-state index in [2.05, 4.69) is 35.2 Å². The molecule has 4 heteroatoms. The molecule has 0 aromatic carbocycles. The van der Waals surface area contributed by atoms with E-state index in [9.17, 15) is 0 Å². The van der Waals surface area contributed by atoms with Crippen LogP contribution >= 0.6 is 11.5 Å². The monoisotopic (exact) mass is 225 g/mol. The van der Waals surface area contributed by atoms with E-state index in [1.54, 1.807) is 0 Å². The van der Waals surface area contributed by atoms with Crippen LogP contribution in [0, 0.1) is 5.92 Å². The smallest absolute Gasteiger partial charge is 0.204 e. The maximum Gasteiger partial charge on any atom is 0.204 e. The van der Waals surface area contributed by atoms with E-state index in [1.165, 1.54) is 30.8 Å². The maximum atomic E-state index is 4.54. The Morgan fingerprint density at radius 2 is 2.20 bits per heavy atom. The molecular weight excluding hydrogens is 206 g/mol. The molecule has 0 radical (unpaired) electrons. The highest BCUT2D eigenvalue weighted by Crippen LogP contribution is 2.33. The molecule has 1 fully saturated rings. The first-order valence-corrected chi connectivity index (χ1v) is 6.49. The first kappa shape index (κ1) is 10.9. The molecule has 0 saturated heterocycles. The van der Waals surface area contributed by atoms with Crippen molar-refractivity contribution in [2.24, 2.45) is 5.92 Å². The van der Waals surface area contributed by atoms with Crippen molar-refractivity contribution in [2.45, 2.75) is 39.0 Å². The summed E-state index contributed by atoms with van der Waals surface area (Å²) >= 11 is 1.52. The molecule has 0 atom stereocenters. The standard InChI is InChI=1S/C11H19N3S/c1-8(2)10-12-11(15-13-10)14(3)7-6-9-4-5-9/h8-9H,4-7H2,1-3H3. The number of rotatable bonds is 5. The lowest BCUT2D eigenvalue weighted by atomic mass is 10.2. The van der Waals surface area contributed by atoms with Crippen LogP contribution in [0.25, 0.3) is 0 Å². The second-order valence-corrected chi connectivity index (χ2v) is 5.47. The zero-order chi connectivity index (χ0) is 10.8. The lowest BCUT2D eigenvalue weighted by Crippen LogP contribution is -2.18. The highest BCUT2D eigenvalue weighted by Gasteiger charge is 2.21. The number of aromatic nitrogens is 2. The van der Waals surface area contributed by atoms with Gasteiger partial charge < -0.3 is 4.90 Å². The van der Waals surface area contributed by atoms with Gasteiger partial charge in [0.15, 0.2) is 0 Å². The highest BCUT2D eigenvalue weighted by molar-refractivity contribution is 7.09. The Morgan fingerprint density at radius 1 is 1.47 bits per heavy atom. The lowest BCUT2D eigenvalue weighted by Gasteiger charge is -2.14. The summed E-state index contributed by atoms with van der Waals surface area (Å²) in [6.45, 7) is 5.39. The normalized spacial score (nSPS) is 16.0. The zero-order valence-corrected chi connectivity index (χ0v) is 10.5. The lowest BCUT2D eigenvalue weighted by molar-refractivity contribution is 0.707. The Bertz CT molecular complexity index is 317. The molecule has 0 N–H and O–H groups in total. The van der Waals surface area contributed by atoms with Crippen LogP contribution in [0.2, 0.25) is 0 Å². The van der Waals surface area contributed by atoms with Gasteiger partial charge in [-0.2, -0.15) is 4.37 Å². The molecule has 15 heavy (non-hydrogen) atoms. The first-order valence-electron chi connectivity index (χ1n) is 5.71. The zero-order valence-electron chi connectivity index (χ0n) is 9.73. The van der Waals surface area contributed by atoms with Gasteiger partial charge >= 0.3 is 0 Å². The molecule has 1 saturated carbocycles. The summed E-state index contributed by atoms with van der Waals surface area (Å²) in [6.07, 6.45) is 4.18. The number of hydrogen-bond donors (Lipinski definition) is 0. The van der Waals surface area contributed by atoms with E-state index in [4.69, 9.17) is 0 Å². The molecule has 3 nitrogen and oxygen atoms in total. The van der Waals surface area contributed by atoms with Crippen LogP contribution in [0.3, 0.4) is 0 Å². The summed E-state index contributed by atoms with van der Waals surface area (Å²) in [5, 5.41) is 1.07. The Morgan fingerprint density at radius 3 is 2.73 bits per heavy atom. The number of hydrogen-bond acceptors (Lipinski definition) is 4. The van der Waals surface area contributed by atoms with Gasteiger partial charge in [0.05, 0.1) is 0 Å². The molecule has 1 aromatic rings. The van der Waals surface area contributed by atoms with Gasteiger partial charge in [0.25, 0.3) is 0 Å². The fourth-order valence-corrected chi connectivity index (χ4v) is 2.29. The fourth-order valence-electron chi connectivity index (χ4n) is 1.49. The largest absolute Gasteiger partial charge is 0.350 e. The number of anilines is 1. The summed E-state index contributed by atoms with van der Waals surface area (Å²) in [7, 11) is 2.12. The molecule has 84 valence electrons. The van der Waals surface area contributed by atoms with Gasteiger partial charge in [-0.05, 0) is 12.3 Å². The van der Waals surface area contributed by atoms with Crippen LogP contribution in [0.4, 0.5) is 5.13 Å². The van der Waals surface area contributed by atoms with Crippen molar-refractivity contribution in [3.05, 3.63) is 5.82 Å². The van der Waals surface area contributed by atoms with Crippen LogP contribution in [0.15, 0.2) is 0 Å². The summed E-state index contributed by atoms with van der Waals surface area (Å²) in [4.78, 5) is 6.78. The minimum atomic E-state index is 0.437. The van der Waals surface area contributed by atoms with Gasteiger partial charge in [-0.1, -0.05) is 26.7 Å². The van der Waals surface area contributed by atoms with Gasteiger partial charge in [-0.3, -0.25) is 0 Å². The highest BCUT2D eigenvalue weighted by atomic mass is 32.1. The van der Waals surface area contributed by atoms with Crippen LogP contribution in [0.1, 0.15) is 44.9 Å². The predicted octanol–water partition coefficient (Wildman–Crippen LogP) is 2.90. The average Bonchev–Trinajstić information content (AvgIpc) is 2.88. The number of nitrogens with zero attached hydrogens (tertiary/aromatic N) is 3. The van der Waals surface area contributed by atoms with Gasteiger partial charge in [-0.25, -0.2) is 4.98 Å². The molecule has 1 aliphatic rings. The molecular formula is C11H19N3S. The average molecular weight is 225 g/mol. The van der Waals surface area contributed by atoms with E-state index >= 15 is 0 Å². The predicted molar refractivity (Wildman–Crippen MR) is 64.6 cm³/mol. The van der Waals surface area contributed by atoms with Crippen LogP contribution in [0.5, 0.6) is 0 Å². The Kier molecular flexibility index (Phi) is 3.24. The van der Waals surface area contributed by atoms with Gasteiger partial charge in [0, 0.05) is 31.0 Å². The Hall–Kier alpha value is -0.640. The van der Waals surface area contributed by atoms with E-state index < -0.39 is 0 Å². The van der Waals surface area contributed by atoms with Crippen molar-refractivity contribution in [3.8, 4) is 0 Å². The Balaban J connectivity index is 1.88. The first-order chi connectivity index (χ1) is 7.16.